The van der Waals surface area contributed by atoms with Gasteiger partial charge in [0.25, 0.3) is 0 Å². The monoisotopic (exact) mass is 448 g/mol. The maximum atomic E-state index is 12.4. The molecule has 10 nitrogen and oxygen atoms in total. The molecule has 0 saturated carbocycles. The largest absolute Gasteiger partial charge is 0.480 e. The van der Waals surface area contributed by atoms with E-state index in [1.165, 1.54) is 0 Å². The van der Waals surface area contributed by atoms with Gasteiger partial charge < -0.3 is 31.2 Å². The number of aliphatic carboxylic acids is 1. The molecule has 1 rings (SSSR count). The van der Waals surface area contributed by atoms with Crippen molar-refractivity contribution in [2.24, 2.45) is 5.92 Å². The van der Waals surface area contributed by atoms with Crippen LogP contribution < -0.4 is 21.3 Å². The van der Waals surface area contributed by atoms with Gasteiger partial charge in [0, 0.05) is 25.9 Å². The third-order valence-corrected chi connectivity index (χ3v) is 4.33. The first-order chi connectivity index (χ1) is 15.2. The van der Waals surface area contributed by atoms with Crippen molar-refractivity contribution < 1.29 is 29.1 Å². The van der Waals surface area contributed by atoms with Crippen LogP contribution in [0.5, 0.6) is 0 Å². The van der Waals surface area contributed by atoms with Gasteiger partial charge in [0.05, 0.1) is 12.6 Å². The minimum Gasteiger partial charge on any atom is -0.480 e. The summed E-state index contributed by atoms with van der Waals surface area (Å²) in [6, 6.07) is 7.60. The lowest BCUT2D eigenvalue weighted by Gasteiger charge is -2.19. The van der Waals surface area contributed by atoms with Crippen LogP contribution in [0.1, 0.15) is 32.3 Å². The van der Waals surface area contributed by atoms with E-state index in [0.717, 1.165) is 5.56 Å². The topological polar surface area (TPSA) is 154 Å². The molecule has 0 radical (unpaired) electrons. The van der Waals surface area contributed by atoms with Gasteiger partial charge in [-0.2, -0.15) is 0 Å². The fourth-order valence-electron chi connectivity index (χ4n) is 2.86. The van der Waals surface area contributed by atoms with Crippen molar-refractivity contribution in [3.8, 4) is 0 Å². The molecule has 0 aromatic heterocycles. The molecule has 2 atom stereocenters. The molecule has 0 bridgehead atoms. The van der Waals surface area contributed by atoms with Crippen molar-refractivity contribution >= 4 is 30.0 Å². The molecule has 0 heterocycles. The number of carbonyl (C=O) groups is 5. The lowest BCUT2D eigenvalue weighted by Crippen LogP contribution is -2.53. The Morgan fingerprint density at radius 1 is 1.03 bits per heavy atom. The molecule has 10 heteroatoms. The number of amides is 3. The van der Waals surface area contributed by atoms with E-state index in [-0.39, 0.29) is 44.3 Å². The standard InChI is InChI=1S/C22H32N4O6/c1-15(2)10-20(29)26-18(12-23-13-21(30)31)22(32)24-9-8-19(28)25-17(14-27)11-16-6-4-3-5-7-16/h3-7,14-15,17-18,23H,8-13H2,1-2H3,(H,24,32)(H,25,28)(H,26,29)(H,30,31). The number of aldehydes is 1. The molecule has 176 valence electrons. The second kappa shape index (κ2) is 14.7. The summed E-state index contributed by atoms with van der Waals surface area (Å²) in [7, 11) is 0. The third kappa shape index (κ3) is 11.8. The van der Waals surface area contributed by atoms with E-state index in [9.17, 15) is 24.0 Å². The van der Waals surface area contributed by atoms with Crippen LogP contribution in [0.15, 0.2) is 30.3 Å². The summed E-state index contributed by atoms with van der Waals surface area (Å²) in [5.41, 5.74) is 0.909. The van der Waals surface area contributed by atoms with Gasteiger partial charge in [-0.15, -0.1) is 0 Å². The average molecular weight is 449 g/mol. The van der Waals surface area contributed by atoms with Crippen molar-refractivity contribution in [3.05, 3.63) is 35.9 Å². The van der Waals surface area contributed by atoms with Crippen LogP contribution in [0.25, 0.3) is 0 Å². The molecule has 0 aliphatic rings. The molecule has 0 fully saturated rings. The first-order valence-electron chi connectivity index (χ1n) is 10.5. The second-order valence-electron chi connectivity index (χ2n) is 7.78. The zero-order valence-corrected chi connectivity index (χ0v) is 18.4. The highest BCUT2D eigenvalue weighted by Crippen LogP contribution is 2.02. The third-order valence-electron chi connectivity index (χ3n) is 4.33. The number of carbonyl (C=O) groups excluding carboxylic acids is 4. The average Bonchev–Trinajstić information content (AvgIpc) is 2.72. The Balaban J connectivity index is 2.50. The predicted octanol–water partition coefficient (Wildman–Crippen LogP) is -0.376. The molecule has 1 aromatic rings. The van der Waals surface area contributed by atoms with E-state index in [1.54, 1.807) is 0 Å². The van der Waals surface area contributed by atoms with Gasteiger partial charge in [-0.1, -0.05) is 44.2 Å². The SMILES string of the molecule is CC(C)CC(=O)NC(CNCC(=O)O)C(=O)NCCC(=O)NC(C=O)Cc1ccccc1. The Morgan fingerprint density at radius 2 is 1.72 bits per heavy atom. The van der Waals surface area contributed by atoms with Crippen molar-refractivity contribution in [1.29, 1.82) is 0 Å². The summed E-state index contributed by atoms with van der Waals surface area (Å²) in [6.45, 7) is 3.29. The van der Waals surface area contributed by atoms with Gasteiger partial charge in [-0.25, -0.2) is 0 Å². The fourth-order valence-corrected chi connectivity index (χ4v) is 2.86. The molecular formula is C22H32N4O6. The number of carboxylic acids is 1. The van der Waals surface area contributed by atoms with Crippen molar-refractivity contribution in [2.45, 2.75) is 45.2 Å². The molecule has 0 spiro atoms. The lowest BCUT2D eigenvalue weighted by atomic mass is 10.1. The van der Waals surface area contributed by atoms with Crippen LogP contribution in [0, 0.1) is 5.92 Å². The van der Waals surface area contributed by atoms with Crippen LogP contribution in [0.4, 0.5) is 0 Å². The van der Waals surface area contributed by atoms with Crippen molar-refractivity contribution in [1.82, 2.24) is 21.3 Å². The summed E-state index contributed by atoms with van der Waals surface area (Å²) < 4.78 is 0. The Labute approximate surface area is 187 Å². The van der Waals surface area contributed by atoms with E-state index in [0.29, 0.717) is 12.7 Å². The van der Waals surface area contributed by atoms with Gasteiger partial charge >= 0.3 is 5.97 Å². The highest BCUT2D eigenvalue weighted by atomic mass is 16.4. The number of benzene rings is 1. The van der Waals surface area contributed by atoms with E-state index < -0.39 is 29.9 Å². The Kier molecular flexibility index (Phi) is 12.3. The second-order valence-corrected chi connectivity index (χ2v) is 7.78. The molecule has 3 amide bonds. The fraction of sp³-hybridized carbons (Fsp3) is 0.500. The number of nitrogens with one attached hydrogen (secondary N) is 4. The van der Waals surface area contributed by atoms with Gasteiger partial charge in [-0.3, -0.25) is 19.2 Å². The van der Waals surface area contributed by atoms with Crippen molar-refractivity contribution in [2.75, 3.05) is 19.6 Å². The van der Waals surface area contributed by atoms with Crippen molar-refractivity contribution in [3.63, 3.8) is 0 Å². The minimum absolute atomic E-state index is 0.00291. The molecule has 2 unspecified atom stereocenters. The normalized spacial score (nSPS) is 12.5. The van der Waals surface area contributed by atoms with Crippen LogP contribution in [-0.2, 0) is 30.4 Å². The van der Waals surface area contributed by atoms with Gasteiger partial charge in [0.1, 0.15) is 12.3 Å². The van der Waals surface area contributed by atoms with Crippen LogP contribution >= 0.6 is 0 Å². The maximum Gasteiger partial charge on any atom is 0.317 e. The first-order valence-corrected chi connectivity index (χ1v) is 10.5. The molecule has 32 heavy (non-hydrogen) atoms. The molecule has 0 saturated heterocycles. The predicted molar refractivity (Wildman–Crippen MR) is 118 cm³/mol. The summed E-state index contributed by atoms with van der Waals surface area (Å²) in [5, 5.41) is 19.1. The zero-order chi connectivity index (χ0) is 23.9. The molecule has 5 N–H and O–H groups in total. The minimum atomic E-state index is -1.09. The quantitative estimate of drug-likeness (QED) is 0.229. The van der Waals surface area contributed by atoms with Crippen LogP contribution in [0.3, 0.4) is 0 Å². The van der Waals surface area contributed by atoms with Crippen LogP contribution in [-0.4, -0.2) is 66.8 Å². The molecule has 0 aliphatic heterocycles. The number of carboxylic acid groups (broad SMARTS) is 1. The Bertz CT molecular complexity index is 769. The highest BCUT2D eigenvalue weighted by molar-refractivity contribution is 5.88. The van der Waals surface area contributed by atoms with E-state index in [2.05, 4.69) is 21.3 Å². The van der Waals surface area contributed by atoms with Crippen LogP contribution in [0.2, 0.25) is 0 Å². The summed E-state index contributed by atoms with van der Waals surface area (Å²) >= 11 is 0. The first kappa shape index (κ1) is 26.8. The lowest BCUT2D eigenvalue weighted by molar-refractivity contribution is -0.136. The van der Waals surface area contributed by atoms with E-state index in [1.807, 2.05) is 44.2 Å². The van der Waals surface area contributed by atoms with Gasteiger partial charge in [0.15, 0.2) is 0 Å². The number of hydrogen-bond donors (Lipinski definition) is 5. The summed E-state index contributed by atoms with van der Waals surface area (Å²) in [4.78, 5) is 58.5. The smallest absolute Gasteiger partial charge is 0.317 e. The van der Waals surface area contributed by atoms with Gasteiger partial charge in [-0.05, 0) is 17.9 Å². The molecule has 0 aliphatic carbocycles. The van der Waals surface area contributed by atoms with E-state index >= 15 is 0 Å². The number of hydrogen-bond acceptors (Lipinski definition) is 6. The summed E-state index contributed by atoms with van der Waals surface area (Å²) in [5.74, 6) is -2.26. The Morgan fingerprint density at radius 3 is 2.31 bits per heavy atom. The molecular weight excluding hydrogens is 416 g/mol. The maximum absolute atomic E-state index is 12.4. The molecule has 1 aromatic carbocycles. The summed E-state index contributed by atoms with van der Waals surface area (Å²) in [6.07, 6.45) is 1.19. The Hall–Kier alpha value is -3.27. The zero-order valence-electron chi connectivity index (χ0n) is 18.4. The number of rotatable bonds is 15. The van der Waals surface area contributed by atoms with E-state index in [4.69, 9.17) is 5.11 Å². The highest BCUT2D eigenvalue weighted by Gasteiger charge is 2.21. The van der Waals surface area contributed by atoms with Gasteiger partial charge in [0.2, 0.25) is 17.7 Å².